The van der Waals surface area contributed by atoms with E-state index in [0.29, 0.717) is 37.1 Å². The molecule has 2 aromatic rings. The number of amides is 4. The van der Waals surface area contributed by atoms with E-state index >= 15 is 0 Å². The molecule has 4 amide bonds. The SMILES string of the molecule is Cc1ccc(N[C@@H](CNC(=O)[C@H](CC(C)C)NC(=O)[C@@H]2CCCN2C(=O)CNC(=O)c2ccccc2)C(=O)O)cc1. The third-order valence-corrected chi connectivity index (χ3v) is 6.82. The molecular weight excluding hydrogens is 526 g/mol. The molecule has 3 rings (SSSR count). The van der Waals surface area contributed by atoms with Crippen molar-refractivity contribution >= 4 is 35.3 Å². The van der Waals surface area contributed by atoms with Crippen LogP contribution >= 0.6 is 0 Å². The van der Waals surface area contributed by atoms with Crippen LogP contribution in [0.2, 0.25) is 0 Å². The molecule has 1 aliphatic heterocycles. The van der Waals surface area contributed by atoms with Crippen molar-refractivity contribution < 1.29 is 29.1 Å². The zero-order chi connectivity index (χ0) is 29.9. The first-order chi connectivity index (χ1) is 19.5. The Kier molecular flexibility index (Phi) is 11.3. The molecule has 11 heteroatoms. The maximum Gasteiger partial charge on any atom is 0.327 e. The Bertz CT molecular complexity index is 1220. The largest absolute Gasteiger partial charge is 0.480 e. The van der Waals surface area contributed by atoms with Gasteiger partial charge in [-0.05, 0) is 56.4 Å². The summed E-state index contributed by atoms with van der Waals surface area (Å²) in [5.74, 6) is -2.81. The lowest BCUT2D eigenvalue weighted by Gasteiger charge is -2.27. The van der Waals surface area contributed by atoms with Crippen LogP contribution in [0.5, 0.6) is 0 Å². The Morgan fingerprint density at radius 2 is 1.63 bits per heavy atom. The quantitative estimate of drug-likeness (QED) is 0.248. The number of carbonyl (C=O) groups excluding carboxylic acids is 4. The van der Waals surface area contributed by atoms with Crippen LogP contribution in [0.25, 0.3) is 0 Å². The fourth-order valence-corrected chi connectivity index (χ4v) is 4.63. The van der Waals surface area contributed by atoms with Crippen LogP contribution in [0, 0.1) is 12.8 Å². The zero-order valence-corrected chi connectivity index (χ0v) is 23.7. The Morgan fingerprint density at radius 1 is 0.951 bits per heavy atom. The maximum atomic E-state index is 13.3. The Balaban J connectivity index is 1.58. The minimum absolute atomic E-state index is 0.0570. The number of likely N-dealkylation sites (tertiary alicyclic amines) is 1. The number of carbonyl (C=O) groups is 5. The van der Waals surface area contributed by atoms with Gasteiger partial charge >= 0.3 is 5.97 Å². The highest BCUT2D eigenvalue weighted by Crippen LogP contribution is 2.18. The van der Waals surface area contributed by atoms with Crippen molar-refractivity contribution in [2.75, 3.05) is 25.0 Å². The van der Waals surface area contributed by atoms with Crippen molar-refractivity contribution in [3.8, 4) is 0 Å². The summed E-state index contributed by atoms with van der Waals surface area (Å²) < 4.78 is 0. The molecule has 1 saturated heterocycles. The Labute approximate surface area is 240 Å². The van der Waals surface area contributed by atoms with Crippen molar-refractivity contribution in [2.24, 2.45) is 5.92 Å². The summed E-state index contributed by atoms with van der Waals surface area (Å²) in [4.78, 5) is 64.8. The van der Waals surface area contributed by atoms with Crippen LogP contribution in [-0.4, -0.2) is 77.4 Å². The van der Waals surface area contributed by atoms with Gasteiger partial charge in [0.2, 0.25) is 17.7 Å². The van der Waals surface area contributed by atoms with Gasteiger partial charge in [0.15, 0.2) is 0 Å². The molecule has 41 heavy (non-hydrogen) atoms. The highest BCUT2D eigenvalue weighted by atomic mass is 16.4. The number of anilines is 1. The Morgan fingerprint density at radius 3 is 2.27 bits per heavy atom. The van der Waals surface area contributed by atoms with Crippen molar-refractivity contribution in [3.05, 3.63) is 65.7 Å². The number of benzene rings is 2. The van der Waals surface area contributed by atoms with Gasteiger partial charge in [0.05, 0.1) is 6.54 Å². The van der Waals surface area contributed by atoms with Gasteiger partial charge in [-0.2, -0.15) is 0 Å². The first-order valence-corrected chi connectivity index (χ1v) is 13.8. The number of nitrogens with one attached hydrogen (secondary N) is 4. The van der Waals surface area contributed by atoms with Gasteiger partial charge in [0.1, 0.15) is 18.1 Å². The lowest BCUT2D eigenvalue weighted by molar-refractivity contribution is -0.139. The molecule has 2 aromatic carbocycles. The third kappa shape index (κ3) is 9.33. The van der Waals surface area contributed by atoms with E-state index in [1.54, 1.807) is 42.5 Å². The minimum Gasteiger partial charge on any atom is -0.480 e. The van der Waals surface area contributed by atoms with E-state index in [9.17, 15) is 29.1 Å². The molecule has 0 aromatic heterocycles. The summed E-state index contributed by atoms with van der Waals surface area (Å²) in [5, 5.41) is 20.6. The number of aliphatic carboxylic acids is 1. The van der Waals surface area contributed by atoms with E-state index in [1.807, 2.05) is 32.9 Å². The van der Waals surface area contributed by atoms with Crippen LogP contribution in [0.3, 0.4) is 0 Å². The first-order valence-electron chi connectivity index (χ1n) is 13.8. The van der Waals surface area contributed by atoms with E-state index < -0.39 is 35.9 Å². The summed E-state index contributed by atoms with van der Waals surface area (Å²) >= 11 is 0. The smallest absolute Gasteiger partial charge is 0.327 e. The lowest BCUT2D eigenvalue weighted by atomic mass is 10.0. The monoisotopic (exact) mass is 565 g/mol. The second kappa shape index (κ2) is 14.8. The second-order valence-electron chi connectivity index (χ2n) is 10.6. The molecule has 11 nitrogen and oxygen atoms in total. The summed E-state index contributed by atoms with van der Waals surface area (Å²) in [6, 6.07) is 13.0. The summed E-state index contributed by atoms with van der Waals surface area (Å²) in [7, 11) is 0. The maximum absolute atomic E-state index is 13.3. The van der Waals surface area contributed by atoms with Gasteiger partial charge in [0, 0.05) is 24.3 Å². The molecule has 1 heterocycles. The van der Waals surface area contributed by atoms with Crippen LogP contribution in [0.15, 0.2) is 54.6 Å². The van der Waals surface area contributed by atoms with Crippen molar-refractivity contribution in [1.29, 1.82) is 0 Å². The molecular formula is C30H39N5O6. The molecule has 0 bridgehead atoms. The van der Waals surface area contributed by atoms with Crippen molar-refractivity contribution in [2.45, 2.75) is 58.2 Å². The van der Waals surface area contributed by atoms with E-state index in [2.05, 4.69) is 21.3 Å². The molecule has 0 saturated carbocycles. The van der Waals surface area contributed by atoms with E-state index in [1.165, 1.54) is 4.90 Å². The minimum atomic E-state index is -1.13. The molecule has 1 fully saturated rings. The highest BCUT2D eigenvalue weighted by molar-refractivity contribution is 5.97. The number of nitrogens with zero attached hydrogens (tertiary/aromatic N) is 1. The van der Waals surface area contributed by atoms with Gasteiger partial charge < -0.3 is 31.3 Å². The van der Waals surface area contributed by atoms with Crippen molar-refractivity contribution in [1.82, 2.24) is 20.9 Å². The predicted molar refractivity (Wildman–Crippen MR) is 154 cm³/mol. The lowest BCUT2D eigenvalue weighted by Crippen LogP contribution is -2.55. The second-order valence-corrected chi connectivity index (χ2v) is 10.6. The molecule has 0 unspecified atom stereocenters. The topological polar surface area (TPSA) is 157 Å². The van der Waals surface area contributed by atoms with Crippen LogP contribution in [0.1, 0.15) is 49.0 Å². The number of hydrogen-bond donors (Lipinski definition) is 5. The standard InChI is InChI=1S/C30H39N5O6/c1-19(2)16-23(28(38)31-17-24(30(40)41)33-22-13-11-20(3)12-14-22)34-29(39)25-10-7-15-35(25)26(36)18-32-27(37)21-8-5-4-6-9-21/h4-6,8-9,11-14,19,23-25,33H,7,10,15-18H2,1-3H3,(H,31,38)(H,32,37)(H,34,39)(H,40,41)/t23-,24-,25-/m0/s1. The number of carboxylic acid groups (broad SMARTS) is 1. The van der Waals surface area contributed by atoms with Gasteiger partial charge in [0.25, 0.3) is 5.91 Å². The molecule has 0 spiro atoms. The first kappa shape index (κ1) is 31.1. The molecule has 3 atom stereocenters. The van der Waals surface area contributed by atoms with E-state index in [-0.39, 0.29) is 30.8 Å². The molecule has 5 N–H and O–H groups in total. The number of carboxylic acids is 1. The van der Waals surface area contributed by atoms with Crippen LogP contribution < -0.4 is 21.3 Å². The van der Waals surface area contributed by atoms with Crippen LogP contribution in [0.4, 0.5) is 5.69 Å². The third-order valence-electron chi connectivity index (χ3n) is 6.82. The van der Waals surface area contributed by atoms with E-state index in [4.69, 9.17) is 0 Å². The predicted octanol–water partition coefficient (Wildman–Crippen LogP) is 1.93. The van der Waals surface area contributed by atoms with Gasteiger partial charge in [-0.15, -0.1) is 0 Å². The fourth-order valence-electron chi connectivity index (χ4n) is 4.63. The average molecular weight is 566 g/mol. The molecule has 220 valence electrons. The molecule has 0 aliphatic carbocycles. The summed E-state index contributed by atoms with van der Waals surface area (Å²) in [6.07, 6.45) is 1.37. The van der Waals surface area contributed by atoms with E-state index in [0.717, 1.165) is 5.56 Å². The van der Waals surface area contributed by atoms with Gasteiger partial charge in [-0.1, -0.05) is 49.7 Å². The zero-order valence-electron chi connectivity index (χ0n) is 23.7. The average Bonchev–Trinajstić information content (AvgIpc) is 3.45. The normalized spacial score (nSPS) is 16.0. The Hall–Kier alpha value is -4.41. The summed E-state index contributed by atoms with van der Waals surface area (Å²) in [6.45, 7) is 5.66. The molecule has 1 aliphatic rings. The molecule has 0 radical (unpaired) electrons. The summed E-state index contributed by atoms with van der Waals surface area (Å²) in [5.41, 5.74) is 2.07. The van der Waals surface area contributed by atoms with Crippen LogP contribution in [-0.2, 0) is 19.2 Å². The number of hydrogen-bond acceptors (Lipinski definition) is 6. The number of aryl methyl sites for hydroxylation is 1. The van der Waals surface area contributed by atoms with Crippen molar-refractivity contribution in [3.63, 3.8) is 0 Å². The van der Waals surface area contributed by atoms with Gasteiger partial charge in [-0.3, -0.25) is 19.2 Å². The fraction of sp³-hybridized carbons (Fsp3) is 0.433. The number of rotatable bonds is 13. The van der Waals surface area contributed by atoms with Gasteiger partial charge in [-0.25, -0.2) is 4.79 Å². The highest BCUT2D eigenvalue weighted by Gasteiger charge is 2.36.